The van der Waals surface area contributed by atoms with E-state index in [-0.39, 0.29) is 11.0 Å². The molecule has 0 aromatic heterocycles. The van der Waals surface area contributed by atoms with Crippen LogP contribution in [-0.2, 0) is 0 Å². The maximum absolute atomic E-state index is 4.27. The second-order valence-electron chi connectivity index (χ2n) is 5.76. The van der Waals surface area contributed by atoms with Crippen molar-refractivity contribution in [2.45, 2.75) is 39.2 Å². The third kappa shape index (κ3) is 0.993. The lowest BCUT2D eigenvalue weighted by Gasteiger charge is -2.43. The van der Waals surface area contributed by atoms with Gasteiger partial charge in [-0.3, -0.25) is 0 Å². The number of hydrogen-bond donors (Lipinski definition) is 1. The van der Waals surface area contributed by atoms with Crippen molar-refractivity contribution in [3.63, 3.8) is 0 Å². The van der Waals surface area contributed by atoms with Gasteiger partial charge < -0.3 is 5.32 Å². The normalized spacial score (nSPS) is 37.8. The molecule has 1 saturated carbocycles. The fourth-order valence-electron chi connectivity index (χ4n) is 3.43. The van der Waals surface area contributed by atoms with Crippen molar-refractivity contribution in [2.75, 3.05) is 6.54 Å². The van der Waals surface area contributed by atoms with Crippen LogP contribution >= 0.6 is 0 Å². The molecule has 78 valence electrons. The van der Waals surface area contributed by atoms with Gasteiger partial charge in [0.05, 0.1) is 5.54 Å². The molecule has 14 heavy (non-hydrogen) atoms. The molecular weight excluding hydrogens is 170 g/mol. The molecule has 1 heteroatoms. The molecule has 0 aromatic rings. The first-order chi connectivity index (χ1) is 6.39. The van der Waals surface area contributed by atoms with Crippen molar-refractivity contribution in [1.29, 1.82) is 0 Å². The maximum Gasteiger partial charge on any atom is 0.0509 e. The highest BCUT2D eigenvalue weighted by Crippen LogP contribution is 2.54. The van der Waals surface area contributed by atoms with Crippen LogP contribution in [0.5, 0.6) is 0 Å². The van der Waals surface area contributed by atoms with E-state index in [1.54, 1.807) is 0 Å². The summed E-state index contributed by atoms with van der Waals surface area (Å²) >= 11 is 0. The average molecular weight is 191 g/mol. The molecule has 0 radical (unpaired) electrons. The highest BCUT2D eigenvalue weighted by Gasteiger charge is 2.56. The van der Waals surface area contributed by atoms with E-state index < -0.39 is 0 Å². The molecule has 2 atom stereocenters. The van der Waals surface area contributed by atoms with Crippen molar-refractivity contribution in [1.82, 2.24) is 5.32 Å². The molecule has 0 aromatic carbocycles. The van der Waals surface area contributed by atoms with Crippen LogP contribution in [0.1, 0.15) is 33.6 Å². The summed E-state index contributed by atoms with van der Waals surface area (Å²) in [5.41, 5.74) is 3.13. The van der Waals surface area contributed by atoms with E-state index in [9.17, 15) is 0 Å². The van der Waals surface area contributed by atoms with Crippen LogP contribution in [0.4, 0.5) is 0 Å². The summed E-state index contributed by atoms with van der Waals surface area (Å²) in [7, 11) is 0. The SMILES string of the molecule is C=C1CNC2(C(C)(C)C)C(=C)CCC12. The topological polar surface area (TPSA) is 12.0 Å². The Kier molecular flexibility index (Phi) is 1.94. The molecule has 1 N–H and O–H groups in total. The van der Waals surface area contributed by atoms with E-state index in [0.29, 0.717) is 5.92 Å². The molecule has 1 nitrogen and oxygen atoms in total. The summed E-state index contributed by atoms with van der Waals surface area (Å²) in [4.78, 5) is 0. The van der Waals surface area contributed by atoms with Crippen LogP contribution in [0, 0.1) is 11.3 Å². The summed E-state index contributed by atoms with van der Waals surface area (Å²) in [6, 6.07) is 0. The third-order valence-corrected chi connectivity index (χ3v) is 4.09. The molecule has 2 unspecified atom stereocenters. The molecule has 1 aliphatic heterocycles. The highest BCUT2D eigenvalue weighted by molar-refractivity contribution is 5.38. The van der Waals surface area contributed by atoms with Crippen LogP contribution < -0.4 is 5.32 Å². The Morgan fingerprint density at radius 1 is 1.36 bits per heavy atom. The van der Waals surface area contributed by atoms with Crippen LogP contribution in [0.15, 0.2) is 24.3 Å². The van der Waals surface area contributed by atoms with Gasteiger partial charge in [0, 0.05) is 12.5 Å². The Balaban J connectivity index is 2.48. The molecule has 2 rings (SSSR count). The van der Waals surface area contributed by atoms with Crippen molar-refractivity contribution < 1.29 is 0 Å². The predicted molar refractivity (Wildman–Crippen MR) is 61.2 cm³/mol. The fraction of sp³-hybridized carbons (Fsp3) is 0.692. The first-order valence-electron chi connectivity index (χ1n) is 5.50. The highest BCUT2D eigenvalue weighted by atomic mass is 15.1. The molecule has 1 saturated heterocycles. The molecule has 1 heterocycles. The van der Waals surface area contributed by atoms with Gasteiger partial charge in [0.25, 0.3) is 0 Å². The van der Waals surface area contributed by atoms with Gasteiger partial charge in [-0.2, -0.15) is 0 Å². The van der Waals surface area contributed by atoms with E-state index in [4.69, 9.17) is 0 Å². The molecular formula is C13H21N. The largest absolute Gasteiger partial charge is 0.303 e. The first kappa shape index (κ1) is 9.97. The van der Waals surface area contributed by atoms with E-state index in [2.05, 4.69) is 39.2 Å². The molecule has 0 spiro atoms. The summed E-state index contributed by atoms with van der Waals surface area (Å²) in [6.07, 6.45) is 2.40. The van der Waals surface area contributed by atoms with Crippen molar-refractivity contribution in [2.24, 2.45) is 11.3 Å². The minimum Gasteiger partial charge on any atom is -0.303 e. The Morgan fingerprint density at radius 3 is 2.50 bits per heavy atom. The second-order valence-corrected chi connectivity index (χ2v) is 5.76. The quantitative estimate of drug-likeness (QED) is 0.581. The summed E-state index contributed by atoms with van der Waals surface area (Å²) < 4.78 is 0. The van der Waals surface area contributed by atoms with Gasteiger partial charge in [-0.15, -0.1) is 0 Å². The maximum atomic E-state index is 4.27. The van der Waals surface area contributed by atoms with Gasteiger partial charge in [-0.25, -0.2) is 0 Å². The number of nitrogens with one attached hydrogen (secondary N) is 1. The number of hydrogen-bond acceptors (Lipinski definition) is 1. The Labute approximate surface area is 87.3 Å². The predicted octanol–water partition coefficient (Wildman–Crippen LogP) is 2.90. The van der Waals surface area contributed by atoms with Gasteiger partial charge in [0.15, 0.2) is 0 Å². The number of fused-ring (bicyclic) bond motifs is 1. The van der Waals surface area contributed by atoms with E-state index in [1.165, 1.54) is 17.6 Å². The lowest BCUT2D eigenvalue weighted by molar-refractivity contribution is 0.176. The van der Waals surface area contributed by atoms with Gasteiger partial charge >= 0.3 is 0 Å². The molecule has 2 fully saturated rings. The lowest BCUT2D eigenvalue weighted by Crippen LogP contribution is -2.53. The van der Waals surface area contributed by atoms with E-state index >= 15 is 0 Å². The Hall–Kier alpha value is -0.560. The minimum atomic E-state index is 0.129. The zero-order valence-electron chi connectivity index (χ0n) is 9.61. The van der Waals surface area contributed by atoms with Crippen LogP contribution in [0.3, 0.4) is 0 Å². The molecule has 2 aliphatic rings. The molecule has 1 aliphatic carbocycles. The Bertz CT molecular complexity index is 295. The van der Waals surface area contributed by atoms with Crippen LogP contribution in [0.2, 0.25) is 0 Å². The smallest absolute Gasteiger partial charge is 0.0509 e. The average Bonchev–Trinajstić information content (AvgIpc) is 2.53. The van der Waals surface area contributed by atoms with Gasteiger partial charge in [-0.05, 0) is 18.3 Å². The molecule has 0 amide bonds. The van der Waals surface area contributed by atoms with E-state index in [1.807, 2.05) is 0 Å². The van der Waals surface area contributed by atoms with Gasteiger partial charge in [0.2, 0.25) is 0 Å². The fourth-order valence-corrected chi connectivity index (χ4v) is 3.43. The van der Waals surface area contributed by atoms with Crippen LogP contribution in [0.25, 0.3) is 0 Å². The Morgan fingerprint density at radius 2 is 2.00 bits per heavy atom. The lowest BCUT2D eigenvalue weighted by atomic mass is 9.66. The minimum absolute atomic E-state index is 0.129. The summed E-state index contributed by atoms with van der Waals surface area (Å²) in [5.74, 6) is 0.620. The monoisotopic (exact) mass is 191 g/mol. The van der Waals surface area contributed by atoms with Crippen molar-refractivity contribution in [3.8, 4) is 0 Å². The first-order valence-corrected chi connectivity index (χ1v) is 5.50. The molecule has 0 bridgehead atoms. The van der Waals surface area contributed by atoms with Crippen molar-refractivity contribution in [3.05, 3.63) is 24.3 Å². The zero-order chi connectivity index (χ0) is 10.6. The van der Waals surface area contributed by atoms with Gasteiger partial charge in [0.1, 0.15) is 0 Å². The van der Waals surface area contributed by atoms with E-state index in [0.717, 1.165) is 13.0 Å². The van der Waals surface area contributed by atoms with Gasteiger partial charge in [-0.1, -0.05) is 45.1 Å². The van der Waals surface area contributed by atoms with Crippen LogP contribution in [-0.4, -0.2) is 12.1 Å². The second kappa shape index (κ2) is 2.73. The zero-order valence-corrected chi connectivity index (χ0v) is 9.61. The summed E-state index contributed by atoms with van der Waals surface area (Å²) in [6.45, 7) is 16.3. The number of rotatable bonds is 0. The summed E-state index contributed by atoms with van der Waals surface area (Å²) in [5, 5.41) is 3.67. The third-order valence-electron chi connectivity index (χ3n) is 4.09. The van der Waals surface area contributed by atoms with Crippen molar-refractivity contribution >= 4 is 0 Å². The standard InChI is InChI=1S/C13H21N/c1-9-8-14-13(12(3,4)5)10(2)6-7-11(9)13/h11,14H,1-2,6-8H2,3-5H3.